The van der Waals surface area contributed by atoms with Crippen LogP contribution in [0.2, 0.25) is 0 Å². The topological polar surface area (TPSA) is 94.1 Å². The lowest BCUT2D eigenvalue weighted by molar-refractivity contribution is -0.107. The van der Waals surface area contributed by atoms with Gasteiger partial charge in [-0.05, 0) is 37.5 Å². The molecule has 26 heavy (non-hydrogen) atoms. The first-order valence-electron chi connectivity index (χ1n) is 8.84. The summed E-state index contributed by atoms with van der Waals surface area (Å²) >= 11 is 0. The summed E-state index contributed by atoms with van der Waals surface area (Å²) in [7, 11) is 0. The number of nitrogens with zero attached hydrogens (tertiary/aromatic N) is 3. The molecule has 7 heteroatoms. The summed E-state index contributed by atoms with van der Waals surface area (Å²) in [6.07, 6.45) is 5.35. The number of carbonyl (C=O) groups excluding carboxylic acids is 1. The largest absolute Gasteiger partial charge is 0.396 e. The van der Waals surface area contributed by atoms with Crippen molar-refractivity contribution in [2.45, 2.75) is 25.3 Å². The number of rotatable bonds is 8. The Morgan fingerprint density at radius 1 is 1.23 bits per heavy atom. The first-order chi connectivity index (χ1) is 12.8. The van der Waals surface area contributed by atoms with E-state index in [1.807, 2.05) is 36.5 Å². The lowest BCUT2D eigenvalue weighted by atomic mass is 10.1. The van der Waals surface area contributed by atoms with Crippen LogP contribution < -0.4 is 10.2 Å². The third-order valence-corrected chi connectivity index (χ3v) is 4.51. The fraction of sp³-hybridized carbons (Fsp3) is 0.316. The van der Waals surface area contributed by atoms with Gasteiger partial charge in [-0.3, -0.25) is 9.69 Å². The van der Waals surface area contributed by atoms with Crippen LogP contribution >= 0.6 is 0 Å². The van der Waals surface area contributed by atoms with Crippen LogP contribution in [0.4, 0.5) is 11.6 Å². The average Bonchev–Trinajstić information content (AvgIpc) is 3.38. The predicted octanol–water partition coefficient (Wildman–Crippen LogP) is 2.54. The van der Waals surface area contributed by atoms with Gasteiger partial charge in [0.05, 0.1) is 5.69 Å². The van der Waals surface area contributed by atoms with Gasteiger partial charge in [-0.25, -0.2) is 4.98 Å². The number of carbonyl (C=O) groups is 1. The molecule has 2 aromatic heterocycles. The lowest BCUT2D eigenvalue weighted by Gasteiger charge is -2.15. The second-order valence-corrected chi connectivity index (χ2v) is 6.44. The number of fused-ring (bicyclic) bond motifs is 1. The zero-order valence-electron chi connectivity index (χ0n) is 14.4. The van der Waals surface area contributed by atoms with Crippen molar-refractivity contribution in [2.75, 3.05) is 23.4 Å². The molecule has 1 fully saturated rings. The van der Waals surface area contributed by atoms with Crippen molar-refractivity contribution in [3.63, 3.8) is 0 Å². The van der Waals surface area contributed by atoms with Crippen LogP contribution in [-0.4, -0.2) is 45.7 Å². The van der Waals surface area contributed by atoms with Crippen molar-refractivity contribution in [3.05, 3.63) is 36.5 Å². The maximum atomic E-state index is 11.5. The standard InChI is InChI=1S/C19H21N5O2/c25-11-1-9-20-14-4-2-13(3-5-14)17-16-8-10-21-18(16)23-19(22-17)24(12-26)15-6-7-15/h2-5,8,10,12,15,20,25H,1,6-7,9,11H2,(H,21,22,23). The van der Waals surface area contributed by atoms with Crippen LogP contribution in [0.5, 0.6) is 0 Å². The zero-order chi connectivity index (χ0) is 17.9. The van der Waals surface area contributed by atoms with Gasteiger partial charge in [-0.2, -0.15) is 4.98 Å². The molecule has 1 amide bonds. The highest BCUT2D eigenvalue weighted by molar-refractivity contribution is 5.92. The van der Waals surface area contributed by atoms with E-state index in [2.05, 4.69) is 15.3 Å². The Morgan fingerprint density at radius 3 is 2.73 bits per heavy atom. The van der Waals surface area contributed by atoms with Gasteiger partial charge in [0.25, 0.3) is 0 Å². The van der Waals surface area contributed by atoms with Gasteiger partial charge in [-0.1, -0.05) is 12.1 Å². The SMILES string of the molecule is O=CN(c1nc(-c2ccc(NCCCO)cc2)c2cc[nH]c2n1)C1CC1. The number of benzene rings is 1. The molecule has 0 radical (unpaired) electrons. The van der Waals surface area contributed by atoms with E-state index < -0.39 is 0 Å². The molecule has 0 bridgehead atoms. The van der Waals surface area contributed by atoms with Crippen LogP contribution in [0.15, 0.2) is 36.5 Å². The Bertz CT molecular complexity index is 902. The Hall–Kier alpha value is -2.93. The van der Waals surface area contributed by atoms with E-state index in [-0.39, 0.29) is 12.6 Å². The highest BCUT2D eigenvalue weighted by atomic mass is 16.3. The summed E-state index contributed by atoms with van der Waals surface area (Å²) in [6.45, 7) is 0.903. The molecule has 1 aliphatic carbocycles. The second kappa shape index (κ2) is 7.13. The molecule has 2 heterocycles. The number of nitrogens with one attached hydrogen (secondary N) is 2. The monoisotopic (exact) mass is 351 g/mol. The molecule has 7 nitrogen and oxygen atoms in total. The number of aromatic amines is 1. The molecule has 1 aromatic carbocycles. The number of aliphatic hydroxyl groups excluding tert-OH is 1. The molecule has 0 atom stereocenters. The predicted molar refractivity (Wildman–Crippen MR) is 101 cm³/mol. The van der Waals surface area contributed by atoms with E-state index in [9.17, 15) is 4.79 Å². The molecular formula is C19H21N5O2. The average molecular weight is 351 g/mol. The van der Waals surface area contributed by atoms with Gasteiger partial charge in [0.2, 0.25) is 12.4 Å². The Morgan fingerprint density at radius 2 is 2.04 bits per heavy atom. The summed E-state index contributed by atoms with van der Waals surface area (Å²) in [5.41, 5.74) is 3.49. The molecule has 134 valence electrons. The number of hydrogen-bond acceptors (Lipinski definition) is 5. The maximum Gasteiger partial charge on any atom is 0.234 e. The van der Waals surface area contributed by atoms with Gasteiger partial charge < -0.3 is 15.4 Å². The van der Waals surface area contributed by atoms with E-state index in [0.717, 1.165) is 53.8 Å². The highest BCUT2D eigenvalue weighted by Gasteiger charge is 2.31. The fourth-order valence-electron chi connectivity index (χ4n) is 2.97. The van der Waals surface area contributed by atoms with Crippen LogP contribution in [0.25, 0.3) is 22.3 Å². The van der Waals surface area contributed by atoms with Crippen LogP contribution in [-0.2, 0) is 4.79 Å². The summed E-state index contributed by atoms with van der Waals surface area (Å²) in [5.74, 6) is 0.442. The molecule has 3 aromatic rings. The molecular weight excluding hydrogens is 330 g/mol. The number of amides is 1. The quantitative estimate of drug-likeness (QED) is 0.428. The van der Waals surface area contributed by atoms with Gasteiger partial charge >= 0.3 is 0 Å². The normalized spacial score (nSPS) is 13.7. The highest BCUT2D eigenvalue weighted by Crippen LogP contribution is 2.32. The first-order valence-corrected chi connectivity index (χ1v) is 8.84. The third-order valence-electron chi connectivity index (χ3n) is 4.51. The van der Waals surface area contributed by atoms with E-state index in [4.69, 9.17) is 10.1 Å². The number of hydrogen-bond donors (Lipinski definition) is 3. The van der Waals surface area contributed by atoms with Crippen molar-refractivity contribution in [2.24, 2.45) is 0 Å². The van der Waals surface area contributed by atoms with Crippen molar-refractivity contribution >= 4 is 29.1 Å². The Kier molecular flexibility index (Phi) is 4.53. The van der Waals surface area contributed by atoms with Gasteiger partial charge in [0, 0.05) is 42.0 Å². The maximum absolute atomic E-state index is 11.5. The van der Waals surface area contributed by atoms with Crippen molar-refractivity contribution < 1.29 is 9.90 Å². The zero-order valence-corrected chi connectivity index (χ0v) is 14.4. The van der Waals surface area contributed by atoms with Crippen molar-refractivity contribution in [3.8, 4) is 11.3 Å². The van der Waals surface area contributed by atoms with E-state index in [0.29, 0.717) is 12.4 Å². The summed E-state index contributed by atoms with van der Waals surface area (Å²) in [5, 5.41) is 13.1. The Balaban J connectivity index is 1.68. The van der Waals surface area contributed by atoms with E-state index in [1.54, 1.807) is 4.90 Å². The molecule has 3 N–H and O–H groups in total. The van der Waals surface area contributed by atoms with Crippen LogP contribution in [0.3, 0.4) is 0 Å². The minimum atomic E-state index is 0.175. The van der Waals surface area contributed by atoms with Crippen LogP contribution in [0.1, 0.15) is 19.3 Å². The molecule has 0 spiro atoms. The molecule has 0 unspecified atom stereocenters. The van der Waals surface area contributed by atoms with Gasteiger partial charge in [-0.15, -0.1) is 0 Å². The van der Waals surface area contributed by atoms with Gasteiger partial charge in [0.1, 0.15) is 5.65 Å². The minimum Gasteiger partial charge on any atom is -0.396 e. The summed E-state index contributed by atoms with van der Waals surface area (Å²) in [6, 6.07) is 10.1. The van der Waals surface area contributed by atoms with E-state index >= 15 is 0 Å². The molecule has 1 aliphatic rings. The number of aliphatic hydroxyl groups is 1. The van der Waals surface area contributed by atoms with Gasteiger partial charge in [0.15, 0.2) is 0 Å². The minimum absolute atomic E-state index is 0.175. The first kappa shape index (κ1) is 16.5. The number of H-pyrrole nitrogens is 1. The molecule has 0 saturated heterocycles. The third kappa shape index (κ3) is 3.25. The van der Waals surface area contributed by atoms with Crippen molar-refractivity contribution in [1.29, 1.82) is 0 Å². The second-order valence-electron chi connectivity index (χ2n) is 6.44. The van der Waals surface area contributed by atoms with Crippen LogP contribution in [0, 0.1) is 0 Å². The van der Waals surface area contributed by atoms with Crippen molar-refractivity contribution in [1.82, 2.24) is 15.0 Å². The number of aromatic nitrogens is 3. The fourth-order valence-corrected chi connectivity index (χ4v) is 2.97. The molecule has 1 saturated carbocycles. The smallest absolute Gasteiger partial charge is 0.234 e. The molecule has 4 rings (SSSR count). The summed E-state index contributed by atoms with van der Waals surface area (Å²) < 4.78 is 0. The number of anilines is 2. The van der Waals surface area contributed by atoms with E-state index in [1.165, 1.54) is 0 Å². The lowest BCUT2D eigenvalue weighted by Crippen LogP contribution is -2.25. The Labute approximate surface area is 151 Å². The molecule has 0 aliphatic heterocycles. The summed E-state index contributed by atoms with van der Waals surface area (Å²) in [4.78, 5) is 25.4.